The fourth-order valence-electron chi connectivity index (χ4n) is 6.83. The van der Waals surface area contributed by atoms with Crippen LogP contribution in [0.25, 0.3) is 11.0 Å². The number of hydrogen-bond donors (Lipinski definition) is 1. The number of carbonyl (C=O) groups excluding carboxylic acids is 3. The molecule has 11 heteroatoms. The lowest BCUT2D eigenvalue weighted by atomic mass is 9.78. The molecule has 4 aliphatic rings. The van der Waals surface area contributed by atoms with Crippen molar-refractivity contribution >= 4 is 40.5 Å². The number of para-hydroxylation sites is 1. The summed E-state index contributed by atoms with van der Waals surface area (Å²) in [5, 5.41) is 17.7. The van der Waals surface area contributed by atoms with Gasteiger partial charge in [0.25, 0.3) is 0 Å². The Morgan fingerprint density at radius 3 is 2.65 bits per heavy atom. The highest BCUT2D eigenvalue weighted by Gasteiger charge is 2.70. The summed E-state index contributed by atoms with van der Waals surface area (Å²) in [6.07, 6.45) is 11.1. The van der Waals surface area contributed by atoms with E-state index in [-0.39, 0.29) is 36.2 Å². The van der Waals surface area contributed by atoms with Gasteiger partial charge in [-0.3, -0.25) is 14.4 Å². The Bertz CT molecular complexity index is 1360. The lowest BCUT2D eigenvalue weighted by Gasteiger charge is -2.35. The summed E-state index contributed by atoms with van der Waals surface area (Å²) >= 11 is 1.61. The highest BCUT2D eigenvalue weighted by molar-refractivity contribution is 8.02. The molecule has 0 bridgehead atoms. The van der Waals surface area contributed by atoms with E-state index in [1.54, 1.807) is 26.2 Å². The molecule has 0 radical (unpaired) electrons. The Morgan fingerprint density at radius 1 is 1.00 bits per heavy atom. The molecule has 1 aromatic heterocycles. The van der Waals surface area contributed by atoms with Gasteiger partial charge >= 0.3 is 0 Å². The highest BCUT2D eigenvalue weighted by Crippen LogP contribution is 2.61. The summed E-state index contributed by atoms with van der Waals surface area (Å²) in [6.45, 7) is 4.36. The normalized spacial score (nSPS) is 29.6. The molecule has 212 valence electrons. The minimum atomic E-state index is -0.825. The lowest BCUT2D eigenvalue weighted by molar-refractivity contribution is -0.144. The van der Waals surface area contributed by atoms with Crippen LogP contribution in [-0.2, 0) is 21.1 Å². The number of aromatic nitrogens is 3. The molecule has 40 heavy (non-hydrogen) atoms. The van der Waals surface area contributed by atoms with E-state index in [9.17, 15) is 19.5 Å². The third-order valence-electron chi connectivity index (χ3n) is 8.60. The first-order valence-electron chi connectivity index (χ1n) is 14.3. The maximum atomic E-state index is 14.5. The van der Waals surface area contributed by atoms with E-state index in [4.69, 9.17) is 0 Å². The van der Waals surface area contributed by atoms with Gasteiger partial charge in [-0.05, 0) is 37.8 Å². The van der Waals surface area contributed by atoms with E-state index in [1.807, 2.05) is 41.3 Å². The molecule has 0 saturated carbocycles. The highest BCUT2D eigenvalue weighted by atomic mass is 32.2. The van der Waals surface area contributed by atoms with Crippen molar-refractivity contribution in [3.8, 4) is 0 Å². The summed E-state index contributed by atoms with van der Waals surface area (Å²) in [5.41, 5.74) is 1.59. The average molecular weight is 565 g/mol. The van der Waals surface area contributed by atoms with Gasteiger partial charge in [-0.1, -0.05) is 48.6 Å². The van der Waals surface area contributed by atoms with Gasteiger partial charge in [0.2, 0.25) is 17.7 Å². The second kappa shape index (κ2) is 11.0. The average Bonchev–Trinajstić information content (AvgIpc) is 3.51. The molecule has 1 unspecified atom stereocenters. The first-order chi connectivity index (χ1) is 19.5. The number of rotatable bonds is 9. The second-order valence-electron chi connectivity index (χ2n) is 11.1. The van der Waals surface area contributed by atoms with Crippen LogP contribution in [0.3, 0.4) is 0 Å². The van der Waals surface area contributed by atoms with Crippen molar-refractivity contribution < 1.29 is 19.5 Å². The summed E-state index contributed by atoms with van der Waals surface area (Å²) in [6, 6.07) is 6.92. The zero-order valence-corrected chi connectivity index (χ0v) is 23.6. The third kappa shape index (κ3) is 4.34. The molecule has 2 saturated heterocycles. The minimum absolute atomic E-state index is 0.0106. The zero-order valence-electron chi connectivity index (χ0n) is 22.8. The molecular weight excluding hydrogens is 528 g/mol. The number of aliphatic hydroxyl groups excluding tert-OH is 1. The summed E-state index contributed by atoms with van der Waals surface area (Å²) in [7, 11) is 0. The number of aliphatic hydroxyl groups is 1. The molecule has 0 aliphatic carbocycles. The van der Waals surface area contributed by atoms with Crippen LogP contribution < -0.4 is 0 Å². The number of benzene rings is 1. The fraction of sp³-hybridized carbons (Fsp3) is 0.552. The van der Waals surface area contributed by atoms with Crippen LogP contribution in [0.1, 0.15) is 32.6 Å². The van der Waals surface area contributed by atoms with Crippen LogP contribution >= 0.6 is 11.8 Å². The standard InChI is InChI=1S/C29H36N6O4S/c1-2-14-32-15-8-12-22-23(26(32)37)24-27(38)34(17-6-3-7-18-36)25-28(39)33(16-9-13-29(24,25)40-22)19-35-21-11-5-4-10-20(21)30-31-35/h4-5,8-13,22-25,36H,2-3,6-7,14-19H2,1H3/t22-,23+,24+,25?,29+/m1/s1. The number of likely N-dealkylation sites (tertiary alicyclic amines) is 1. The van der Waals surface area contributed by atoms with E-state index >= 15 is 0 Å². The van der Waals surface area contributed by atoms with Crippen LogP contribution in [0, 0.1) is 11.8 Å². The quantitative estimate of drug-likeness (QED) is 0.367. The van der Waals surface area contributed by atoms with Crippen LogP contribution in [0.15, 0.2) is 48.6 Å². The number of hydrogen-bond acceptors (Lipinski definition) is 7. The number of nitrogens with zero attached hydrogens (tertiary/aromatic N) is 6. The van der Waals surface area contributed by atoms with Gasteiger partial charge in [-0.2, -0.15) is 0 Å². The van der Waals surface area contributed by atoms with Crippen LogP contribution in [-0.4, -0.2) is 101 Å². The maximum absolute atomic E-state index is 14.5. The summed E-state index contributed by atoms with van der Waals surface area (Å²) in [4.78, 5) is 48.0. The topological polar surface area (TPSA) is 112 Å². The summed E-state index contributed by atoms with van der Waals surface area (Å²) < 4.78 is 0.897. The van der Waals surface area contributed by atoms with E-state index < -0.39 is 22.6 Å². The molecule has 1 aromatic carbocycles. The Morgan fingerprint density at radius 2 is 1.82 bits per heavy atom. The van der Waals surface area contributed by atoms with Crippen LogP contribution in [0.2, 0.25) is 0 Å². The van der Waals surface area contributed by atoms with Crippen molar-refractivity contribution in [2.45, 2.75) is 55.3 Å². The molecular formula is C29H36N6O4S. The van der Waals surface area contributed by atoms with Crippen LogP contribution in [0.5, 0.6) is 0 Å². The largest absolute Gasteiger partial charge is 0.396 e. The molecule has 5 atom stereocenters. The smallest absolute Gasteiger partial charge is 0.248 e. The van der Waals surface area contributed by atoms with Gasteiger partial charge in [-0.25, -0.2) is 4.68 Å². The van der Waals surface area contributed by atoms with Gasteiger partial charge in [0.05, 0.1) is 22.1 Å². The molecule has 6 rings (SSSR count). The SMILES string of the molecule is CCCN1CC=C[C@H]2S[C@]34C=CCN(Cn5nnc6ccccc65)C(=O)C3N(CCCCCO)C(=O)[C@@H]4[C@H]2C1=O. The van der Waals surface area contributed by atoms with E-state index in [1.165, 1.54) is 0 Å². The maximum Gasteiger partial charge on any atom is 0.248 e. The molecule has 4 aliphatic heterocycles. The van der Waals surface area contributed by atoms with Crippen molar-refractivity contribution in [1.29, 1.82) is 0 Å². The predicted octanol–water partition coefficient (Wildman–Crippen LogP) is 2.06. The molecule has 3 amide bonds. The molecule has 2 fully saturated rings. The van der Waals surface area contributed by atoms with Crippen molar-refractivity contribution in [3.05, 3.63) is 48.6 Å². The Balaban J connectivity index is 1.36. The number of fused-ring (bicyclic) bond motifs is 3. The van der Waals surface area contributed by atoms with Gasteiger partial charge in [0, 0.05) is 38.0 Å². The minimum Gasteiger partial charge on any atom is -0.396 e. The van der Waals surface area contributed by atoms with E-state index in [0.717, 1.165) is 23.9 Å². The van der Waals surface area contributed by atoms with E-state index in [2.05, 4.69) is 29.4 Å². The van der Waals surface area contributed by atoms with Gasteiger partial charge in [0.1, 0.15) is 18.2 Å². The number of unbranched alkanes of at least 4 members (excludes halogenated alkanes) is 2. The number of thioether (sulfide) groups is 1. The first-order valence-corrected chi connectivity index (χ1v) is 15.2. The Hall–Kier alpha value is -3.18. The van der Waals surface area contributed by atoms with Gasteiger partial charge < -0.3 is 19.8 Å². The monoisotopic (exact) mass is 564 g/mol. The van der Waals surface area contributed by atoms with Crippen LogP contribution in [0.4, 0.5) is 0 Å². The molecule has 1 spiro atoms. The molecule has 10 nitrogen and oxygen atoms in total. The third-order valence-corrected chi connectivity index (χ3v) is 10.3. The van der Waals surface area contributed by atoms with Gasteiger partial charge in [0.15, 0.2) is 0 Å². The Kier molecular flexibility index (Phi) is 7.43. The fourth-order valence-corrected chi connectivity index (χ4v) is 8.84. The molecule has 5 heterocycles. The lowest BCUT2D eigenvalue weighted by Crippen LogP contribution is -2.53. The van der Waals surface area contributed by atoms with Crippen molar-refractivity contribution in [2.75, 3.05) is 32.8 Å². The first kappa shape index (κ1) is 27.0. The predicted molar refractivity (Wildman–Crippen MR) is 152 cm³/mol. The van der Waals surface area contributed by atoms with Gasteiger partial charge in [-0.15, -0.1) is 16.9 Å². The Labute approximate surface area is 238 Å². The van der Waals surface area contributed by atoms with Crippen molar-refractivity contribution in [2.24, 2.45) is 11.8 Å². The number of amides is 3. The van der Waals surface area contributed by atoms with Crippen molar-refractivity contribution in [1.82, 2.24) is 29.7 Å². The second-order valence-corrected chi connectivity index (χ2v) is 12.5. The van der Waals surface area contributed by atoms with Crippen molar-refractivity contribution in [3.63, 3.8) is 0 Å². The molecule has 2 aromatic rings. The summed E-state index contributed by atoms with van der Waals surface area (Å²) in [5.74, 6) is -1.34. The zero-order chi connectivity index (χ0) is 27.9. The van der Waals surface area contributed by atoms with E-state index in [0.29, 0.717) is 39.0 Å². The number of carbonyl (C=O) groups is 3. The molecule has 1 N–H and O–H groups in total.